The topological polar surface area (TPSA) is 78.9 Å². The zero-order valence-electron chi connectivity index (χ0n) is 11.3. The molecule has 1 saturated heterocycles. The number of amides is 2. The van der Waals surface area contributed by atoms with Crippen molar-refractivity contribution in [2.45, 2.75) is 18.9 Å². The molecule has 0 aromatic heterocycles. The van der Waals surface area contributed by atoms with Gasteiger partial charge >= 0.3 is 12.0 Å². The van der Waals surface area contributed by atoms with Gasteiger partial charge in [-0.1, -0.05) is 12.1 Å². The smallest absolute Gasteiger partial charge is 0.339 e. The fourth-order valence-electron chi connectivity index (χ4n) is 2.21. The summed E-state index contributed by atoms with van der Waals surface area (Å²) in [5.41, 5.74) is 0.713. The molecule has 1 aromatic rings. The molecule has 1 fully saturated rings. The van der Waals surface area contributed by atoms with Gasteiger partial charge < -0.3 is 20.1 Å². The first-order chi connectivity index (χ1) is 9.61. The number of carbonyl (C=O) groups excluding carboxylic acids is 2. The molecule has 108 valence electrons. The second-order valence-corrected chi connectivity index (χ2v) is 4.71. The van der Waals surface area contributed by atoms with Crippen LogP contribution in [0, 0.1) is 0 Å². The van der Waals surface area contributed by atoms with Crippen LogP contribution in [-0.2, 0) is 4.74 Å². The van der Waals surface area contributed by atoms with Crippen LogP contribution in [0.3, 0.4) is 0 Å². The summed E-state index contributed by atoms with van der Waals surface area (Å²) in [6.07, 6.45) is 1.00. The van der Waals surface area contributed by atoms with Gasteiger partial charge in [-0.15, -0.1) is 0 Å². The van der Waals surface area contributed by atoms with E-state index in [4.69, 9.17) is 0 Å². The summed E-state index contributed by atoms with van der Waals surface area (Å²) < 4.78 is 4.68. The Morgan fingerprint density at radius 3 is 2.85 bits per heavy atom. The molecular formula is C14H18N2O4. The maximum atomic E-state index is 12.1. The number of para-hydroxylation sites is 1. The molecule has 1 atom stereocenters. The van der Waals surface area contributed by atoms with Crippen LogP contribution in [0.4, 0.5) is 10.5 Å². The number of nitrogens with zero attached hydrogens (tertiary/aromatic N) is 1. The number of hydrogen-bond acceptors (Lipinski definition) is 4. The number of nitrogens with one attached hydrogen (secondary N) is 1. The van der Waals surface area contributed by atoms with Crippen molar-refractivity contribution in [3.63, 3.8) is 0 Å². The zero-order chi connectivity index (χ0) is 14.5. The van der Waals surface area contributed by atoms with Gasteiger partial charge in [-0.25, -0.2) is 9.59 Å². The highest BCUT2D eigenvalue weighted by molar-refractivity contribution is 6.00. The number of piperidine rings is 1. The Kier molecular flexibility index (Phi) is 4.57. The molecule has 1 aliphatic rings. The summed E-state index contributed by atoms with van der Waals surface area (Å²) >= 11 is 0. The number of hydrogen-bond donors (Lipinski definition) is 2. The minimum atomic E-state index is -0.500. The average Bonchev–Trinajstić information content (AvgIpc) is 2.47. The Morgan fingerprint density at radius 1 is 1.40 bits per heavy atom. The van der Waals surface area contributed by atoms with E-state index in [-0.39, 0.29) is 6.03 Å². The number of anilines is 1. The molecule has 1 unspecified atom stereocenters. The molecule has 0 radical (unpaired) electrons. The Hall–Kier alpha value is -2.08. The van der Waals surface area contributed by atoms with Gasteiger partial charge in [0.05, 0.1) is 24.5 Å². The number of methoxy groups -OCH3 is 1. The number of rotatable bonds is 2. The molecule has 0 spiro atoms. The molecular weight excluding hydrogens is 260 g/mol. The Balaban J connectivity index is 2.09. The standard InChI is InChI=1S/C14H18N2O4/c1-20-13(18)11-6-2-3-7-12(11)15-14(19)16-8-4-5-10(17)9-16/h2-3,6-7,10,17H,4-5,8-9H2,1H3,(H,15,19). The highest BCUT2D eigenvalue weighted by Crippen LogP contribution is 2.18. The summed E-state index contributed by atoms with van der Waals surface area (Å²) in [4.78, 5) is 25.3. The first-order valence-corrected chi connectivity index (χ1v) is 6.53. The molecule has 0 saturated carbocycles. The van der Waals surface area contributed by atoms with Gasteiger partial charge in [0.1, 0.15) is 0 Å². The quantitative estimate of drug-likeness (QED) is 0.803. The van der Waals surface area contributed by atoms with E-state index in [0.29, 0.717) is 30.8 Å². The Morgan fingerprint density at radius 2 is 2.15 bits per heavy atom. The normalized spacial score (nSPS) is 18.5. The lowest BCUT2D eigenvalue weighted by Gasteiger charge is -2.30. The van der Waals surface area contributed by atoms with Crippen molar-refractivity contribution in [3.8, 4) is 0 Å². The van der Waals surface area contributed by atoms with Gasteiger partial charge in [-0.05, 0) is 25.0 Å². The number of benzene rings is 1. The lowest BCUT2D eigenvalue weighted by molar-refractivity contribution is 0.0601. The van der Waals surface area contributed by atoms with E-state index in [9.17, 15) is 14.7 Å². The lowest BCUT2D eigenvalue weighted by atomic mass is 10.1. The van der Waals surface area contributed by atoms with E-state index >= 15 is 0 Å². The van der Waals surface area contributed by atoms with Gasteiger partial charge in [0, 0.05) is 13.1 Å². The van der Waals surface area contributed by atoms with Gasteiger partial charge in [0.15, 0.2) is 0 Å². The molecule has 2 amide bonds. The van der Waals surface area contributed by atoms with Crippen molar-refractivity contribution in [1.29, 1.82) is 0 Å². The van der Waals surface area contributed by atoms with E-state index in [1.54, 1.807) is 29.2 Å². The first-order valence-electron chi connectivity index (χ1n) is 6.53. The van der Waals surface area contributed by atoms with Crippen molar-refractivity contribution in [2.75, 3.05) is 25.5 Å². The van der Waals surface area contributed by atoms with Crippen molar-refractivity contribution in [3.05, 3.63) is 29.8 Å². The molecule has 0 bridgehead atoms. The van der Waals surface area contributed by atoms with Gasteiger partial charge in [-0.2, -0.15) is 0 Å². The number of urea groups is 1. The first kappa shape index (κ1) is 14.3. The van der Waals surface area contributed by atoms with Crippen LogP contribution in [0.1, 0.15) is 23.2 Å². The maximum Gasteiger partial charge on any atom is 0.339 e. The fourth-order valence-corrected chi connectivity index (χ4v) is 2.21. The second-order valence-electron chi connectivity index (χ2n) is 4.71. The predicted octanol–water partition coefficient (Wildman–Crippen LogP) is 1.46. The highest BCUT2D eigenvalue weighted by atomic mass is 16.5. The Labute approximate surface area is 117 Å². The van der Waals surface area contributed by atoms with E-state index in [0.717, 1.165) is 6.42 Å². The van der Waals surface area contributed by atoms with Crippen LogP contribution in [0.25, 0.3) is 0 Å². The molecule has 20 heavy (non-hydrogen) atoms. The number of β-amino-alcohol motifs (C(OH)–C–C–N with tert-alkyl or cyclic N) is 1. The van der Waals surface area contributed by atoms with E-state index < -0.39 is 12.1 Å². The summed E-state index contributed by atoms with van der Waals surface area (Å²) in [6, 6.07) is 6.34. The third-order valence-corrected chi connectivity index (χ3v) is 3.26. The fraction of sp³-hybridized carbons (Fsp3) is 0.429. The molecule has 0 aliphatic carbocycles. The van der Waals surface area contributed by atoms with Crippen LogP contribution in [0.15, 0.2) is 24.3 Å². The second kappa shape index (κ2) is 6.38. The third kappa shape index (κ3) is 3.27. The van der Waals surface area contributed by atoms with Gasteiger partial charge in [-0.3, -0.25) is 0 Å². The number of carbonyl (C=O) groups is 2. The van der Waals surface area contributed by atoms with E-state index in [1.807, 2.05) is 0 Å². The SMILES string of the molecule is COC(=O)c1ccccc1NC(=O)N1CCCC(O)C1. The summed E-state index contributed by atoms with van der Waals surface area (Å²) in [5.74, 6) is -0.500. The molecule has 6 heteroatoms. The summed E-state index contributed by atoms with van der Waals surface area (Å²) in [6.45, 7) is 0.912. The van der Waals surface area contributed by atoms with Crippen LogP contribution in [0.5, 0.6) is 0 Å². The van der Waals surface area contributed by atoms with Crippen LogP contribution >= 0.6 is 0 Å². The van der Waals surface area contributed by atoms with Crippen molar-refractivity contribution < 1.29 is 19.4 Å². The highest BCUT2D eigenvalue weighted by Gasteiger charge is 2.23. The maximum absolute atomic E-state index is 12.1. The summed E-state index contributed by atoms with van der Waals surface area (Å²) in [5, 5.41) is 12.3. The number of esters is 1. The number of aliphatic hydroxyl groups excluding tert-OH is 1. The number of aliphatic hydroxyl groups is 1. The molecule has 2 rings (SSSR count). The molecule has 6 nitrogen and oxygen atoms in total. The number of ether oxygens (including phenoxy) is 1. The minimum Gasteiger partial charge on any atom is -0.465 e. The van der Waals surface area contributed by atoms with E-state index in [1.165, 1.54) is 7.11 Å². The zero-order valence-corrected chi connectivity index (χ0v) is 11.3. The molecule has 1 aliphatic heterocycles. The molecule has 1 heterocycles. The predicted molar refractivity (Wildman–Crippen MR) is 73.6 cm³/mol. The molecule has 2 N–H and O–H groups in total. The van der Waals surface area contributed by atoms with Crippen molar-refractivity contribution >= 4 is 17.7 Å². The summed E-state index contributed by atoms with van der Waals surface area (Å²) in [7, 11) is 1.29. The van der Waals surface area contributed by atoms with Crippen molar-refractivity contribution in [1.82, 2.24) is 4.90 Å². The third-order valence-electron chi connectivity index (χ3n) is 3.26. The monoisotopic (exact) mass is 278 g/mol. The van der Waals surface area contributed by atoms with Crippen LogP contribution < -0.4 is 5.32 Å². The van der Waals surface area contributed by atoms with Gasteiger partial charge in [0.2, 0.25) is 0 Å². The number of likely N-dealkylation sites (tertiary alicyclic amines) is 1. The minimum absolute atomic E-state index is 0.306. The Bertz CT molecular complexity index is 504. The van der Waals surface area contributed by atoms with Crippen molar-refractivity contribution in [2.24, 2.45) is 0 Å². The van der Waals surface area contributed by atoms with E-state index in [2.05, 4.69) is 10.1 Å². The average molecular weight is 278 g/mol. The lowest BCUT2D eigenvalue weighted by Crippen LogP contribution is -2.44. The van der Waals surface area contributed by atoms with Crippen LogP contribution in [-0.4, -0.2) is 48.3 Å². The molecule has 1 aromatic carbocycles. The van der Waals surface area contributed by atoms with Gasteiger partial charge in [0.25, 0.3) is 0 Å². The van der Waals surface area contributed by atoms with Crippen LogP contribution in [0.2, 0.25) is 0 Å². The largest absolute Gasteiger partial charge is 0.465 e.